The summed E-state index contributed by atoms with van der Waals surface area (Å²) in [6.45, 7) is 3.29. The standard InChI is InChI=1S/C15H19ClO3/c1-9-3-2-4-10(9)15(17)11-7-13-14(8-12(11)16)19-6-5-18-13/h7-10,15,17H,2-6H2,1H3. The normalized spacial score (nSPS) is 27.3. The van der Waals surface area contributed by atoms with E-state index in [1.807, 2.05) is 6.07 Å². The second-order valence-electron chi connectivity index (χ2n) is 5.53. The molecular formula is C15H19ClO3. The van der Waals surface area contributed by atoms with Crippen LogP contribution in [0.5, 0.6) is 11.5 Å². The first-order chi connectivity index (χ1) is 9.16. The Morgan fingerprint density at radius 2 is 1.89 bits per heavy atom. The monoisotopic (exact) mass is 282 g/mol. The highest BCUT2D eigenvalue weighted by Gasteiger charge is 2.32. The van der Waals surface area contributed by atoms with E-state index in [4.69, 9.17) is 21.1 Å². The summed E-state index contributed by atoms with van der Waals surface area (Å²) in [4.78, 5) is 0. The molecule has 3 unspecified atom stereocenters. The minimum Gasteiger partial charge on any atom is -0.486 e. The summed E-state index contributed by atoms with van der Waals surface area (Å²) in [5.74, 6) is 2.20. The third kappa shape index (κ3) is 2.41. The summed E-state index contributed by atoms with van der Waals surface area (Å²) in [6, 6.07) is 3.60. The third-order valence-electron chi connectivity index (χ3n) is 4.31. The van der Waals surface area contributed by atoms with E-state index in [1.54, 1.807) is 6.07 Å². The van der Waals surface area contributed by atoms with Gasteiger partial charge in [-0.05, 0) is 24.3 Å². The highest BCUT2D eigenvalue weighted by Crippen LogP contribution is 2.44. The zero-order chi connectivity index (χ0) is 13.4. The fraction of sp³-hybridized carbons (Fsp3) is 0.600. The van der Waals surface area contributed by atoms with Gasteiger partial charge in [0.05, 0.1) is 11.1 Å². The van der Waals surface area contributed by atoms with Crippen LogP contribution in [0.2, 0.25) is 5.02 Å². The Hall–Kier alpha value is -0.930. The topological polar surface area (TPSA) is 38.7 Å². The first-order valence-corrected chi connectivity index (χ1v) is 7.31. The van der Waals surface area contributed by atoms with Gasteiger partial charge in [-0.2, -0.15) is 0 Å². The van der Waals surface area contributed by atoms with Crippen molar-refractivity contribution in [3.63, 3.8) is 0 Å². The van der Waals surface area contributed by atoms with Crippen LogP contribution in [0.1, 0.15) is 37.9 Å². The molecule has 0 radical (unpaired) electrons. The van der Waals surface area contributed by atoms with Crippen molar-refractivity contribution in [3.05, 3.63) is 22.7 Å². The Labute approximate surface area is 118 Å². The van der Waals surface area contributed by atoms with Crippen LogP contribution in [0.4, 0.5) is 0 Å². The van der Waals surface area contributed by atoms with Crippen LogP contribution in [0, 0.1) is 11.8 Å². The first-order valence-electron chi connectivity index (χ1n) is 6.94. The van der Waals surface area contributed by atoms with E-state index in [0.29, 0.717) is 41.6 Å². The Balaban J connectivity index is 1.91. The summed E-state index contributed by atoms with van der Waals surface area (Å²) in [5, 5.41) is 11.2. The number of ether oxygens (including phenoxy) is 2. The Bertz CT molecular complexity index is 475. The van der Waals surface area contributed by atoms with Crippen molar-refractivity contribution in [3.8, 4) is 11.5 Å². The van der Waals surface area contributed by atoms with Crippen LogP contribution in [0.25, 0.3) is 0 Å². The maximum Gasteiger partial charge on any atom is 0.162 e. The van der Waals surface area contributed by atoms with Crippen molar-refractivity contribution in [1.82, 2.24) is 0 Å². The van der Waals surface area contributed by atoms with E-state index in [-0.39, 0.29) is 0 Å². The number of fused-ring (bicyclic) bond motifs is 1. The number of hydrogen-bond donors (Lipinski definition) is 1. The van der Waals surface area contributed by atoms with Crippen molar-refractivity contribution in [2.75, 3.05) is 13.2 Å². The van der Waals surface area contributed by atoms with Gasteiger partial charge < -0.3 is 14.6 Å². The van der Waals surface area contributed by atoms with Crippen molar-refractivity contribution in [2.45, 2.75) is 32.3 Å². The van der Waals surface area contributed by atoms with E-state index in [2.05, 4.69) is 6.92 Å². The van der Waals surface area contributed by atoms with Gasteiger partial charge >= 0.3 is 0 Å². The molecule has 1 saturated carbocycles. The minimum atomic E-state index is -0.513. The lowest BCUT2D eigenvalue weighted by Crippen LogP contribution is -2.18. The second kappa shape index (κ2) is 5.22. The molecule has 1 aliphatic carbocycles. The molecule has 1 heterocycles. The Kier molecular flexibility index (Phi) is 3.59. The maximum absolute atomic E-state index is 10.6. The van der Waals surface area contributed by atoms with Crippen molar-refractivity contribution in [2.24, 2.45) is 11.8 Å². The number of aliphatic hydroxyl groups excluding tert-OH is 1. The summed E-state index contributed by atoms with van der Waals surface area (Å²) in [5.41, 5.74) is 0.768. The molecule has 0 bridgehead atoms. The highest BCUT2D eigenvalue weighted by atomic mass is 35.5. The van der Waals surface area contributed by atoms with Crippen molar-refractivity contribution in [1.29, 1.82) is 0 Å². The highest BCUT2D eigenvalue weighted by molar-refractivity contribution is 6.31. The molecule has 3 rings (SSSR count). The fourth-order valence-corrected chi connectivity index (χ4v) is 3.45. The minimum absolute atomic E-state index is 0.292. The molecule has 0 saturated heterocycles. The Morgan fingerprint density at radius 1 is 1.21 bits per heavy atom. The second-order valence-corrected chi connectivity index (χ2v) is 5.94. The summed E-state index contributed by atoms with van der Waals surface area (Å²) in [7, 11) is 0. The molecule has 2 aliphatic rings. The van der Waals surface area contributed by atoms with Gasteiger partial charge in [-0.25, -0.2) is 0 Å². The zero-order valence-corrected chi connectivity index (χ0v) is 11.8. The van der Waals surface area contributed by atoms with Crippen LogP contribution in [0.15, 0.2) is 12.1 Å². The third-order valence-corrected chi connectivity index (χ3v) is 4.64. The lowest BCUT2D eigenvalue weighted by atomic mass is 9.88. The molecule has 104 valence electrons. The number of rotatable bonds is 2. The van der Waals surface area contributed by atoms with Gasteiger partial charge in [0.2, 0.25) is 0 Å². The predicted octanol–water partition coefficient (Wildman–Crippen LogP) is 3.58. The van der Waals surface area contributed by atoms with Gasteiger partial charge in [-0.15, -0.1) is 0 Å². The zero-order valence-electron chi connectivity index (χ0n) is 11.1. The Morgan fingerprint density at radius 3 is 2.53 bits per heavy atom. The van der Waals surface area contributed by atoms with Gasteiger partial charge in [0.25, 0.3) is 0 Å². The molecule has 1 fully saturated rings. The van der Waals surface area contributed by atoms with Gasteiger partial charge in [-0.1, -0.05) is 31.4 Å². The smallest absolute Gasteiger partial charge is 0.162 e. The van der Waals surface area contributed by atoms with Crippen LogP contribution < -0.4 is 9.47 Å². The molecule has 1 aromatic rings. The predicted molar refractivity (Wildman–Crippen MR) is 73.9 cm³/mol. The van der Waals surface area contributed by atoms with E-state index in [0.717, 1.165) is 12.0 Å². The van der Waals surface area contributed by atoms with E-state index in [1.165, 1.54) is 12.8 Å². The van der Waals surface area contributed by atoms with Crippen LogP contribution in [0.3, 0.4) is 0 Å². The molecule has 19 heavy (non-hydrogen) atoms. The molecule has 1 aromatic carbocycles. The average molecular weight is 283 g/mol. The summed E-state index contributed by atoms with van der Waals surface area (Å²) < 4.78 is 11.1. The molecule has 3 atom stereocenters. The summed E-state index contributed by atoms with van der Waals surface area (Å²) >= 11 is 6.29. The van der Waals surface area contributed by atoms with Gasteiger partial charge in [0, 0.05) is 11.6 Å². The quantitative estimate of drug-likeness (QED) is 0.901. The fourth-order valence-electron chi connectivity index (χ4n) is 3.18. The maximum atomic E-state index is 10.6. The van der Waals surface area contributed by atoms with E-state index in [9.17, 15) is 5.11 Å². The van der Waals surface area contributed by atoms with E-state index < -0.39 is 6.10 Å². The molecule has 1 aliphatic heterocycles. The number of benzene rings is 1. The van der Waals surface area contributed by atoms with E-state index >= 15 is 0 Å². The van der Waals surface area contributed by atoms with Crippen LogP contribution >= 0.6 is 11.6 Å². The lowest BCUT2D eigenvalue weighted by Gasteiger charge is -2.25. The first kappa shape index (κ1) is 13.1. The van der Waals surface area contributed by atoms with Crippen molar-refractivity contribution >= 4 is 11.6 Å². The molecule has 3 nitrogen and oxygen atoms in total. The number of aliphatic hydroxyl groups is 1. The van der Waals surface area contributed by atoms with Crippen molar-refractivity contribution < 1.29 is 14.6 Å². The number of hydrogen-bond acceptors (Lipinski definition) is 3. The average Bonchev–Trinajstić information content (AvgIpc) is 2.83. The van der Waals surface area contributed by atoms with Gasteiger partial charge in [-0.3, -0.25) is 0 Å². The lowest BCUT2D eigenvalue weighted by molar-refractivity contribution is 0.0892. The largest absolute Gasteiger partial charge is 0.486 e. The molecule has 0 amide bonds. The van der Waals surface area contributed by atoms with Gasteiger partial charge in [0.15, 0.2) is 11.5 Å². The molecule has 0 spiro atoms. The SMILES string of the molecule is CC1CCCC1C(O)c1cc2c(cc1Cl)OCCO2. The molecule has 0 aromatic heterocycles. The molecule has 1 N–H and O–H groups in total. The van der Waals surface area contributed by atoms with Crippen LogP contribution in [-0.2, 0) is 0 Å². The molecular weight excluding hydrogens is 264 g/mol. The summed E-state index contributed by atoms with van der Waals surface area (Å²) in [6.07, 6.45) is 2.92. The number of halogens is 1. The van der Waals surface area contributed by atoms with Gasteiger partial charge in [0.1, 0.15) is 13.2 Å². The molecule has 4 heteroatoms. The van der Waals surface area contributed by atoms with Crippen LogP contribution in [-0.4, -0.2) is 18.3 Å².